The number of aromatic nitrogens is 1. The number of carboxylic acid groups (broad SMARTS) is 1. The van der Waals surface area contributed by atoms with Crippen molar-refractivity contribution in [2.45, 2.75) is 39.2 Å². The lowest BCUT2D eigenvalue weighted by Crippen LogP contribution is -2.22. The lowest BCUT2D eigenvalue weighted by molar-refractivity contribution is -0.255. The molecule has 0 spiro atoms. The van der Waals surface area contributed by atoms with Crippen molar-refractivity contribution < 1.29 is 9.90 Å². The molecule has 0 amide bonds. The Hall–Kier alpha value is -1.77. The average molecular weight is 242 g/mol. The Kier molecular flexibility index (Phi) is 2.62. The number of carboxylic acids is 1. The molecule has 0 atom stereocenters. The Morgan fingerprint density at radius 1 is 1.33 bits per heavy atom. The highest BCUT2D eigenvalue weighted by molar-refractivity contribution is 5.94. The molecule has 0 radical (unpaired) electrons. The second-order valence-electron chi connectivity index (χ2n) is 4.90. The minimum absolute atomic E-state index is 0.282. The van der Waals surface area contributed by atoms with Crippen molar-refractivity contribution >= 4 is 16.9 Å². The van der Waals surface area contributed by atoms with Crippen LogP contribution in [0.5, 0.6) is 0 Å². The molecule has 3 nitrogen and oxygen atoms in total. The summed E-state index contributed by atoms with van der Waals surface area (Å²) in [6, 6.07) is 5.35. The zero-order valence-electron chi connectivity index (χ0n) is 10.5. The highest BCUT2D eigenvalue weighted by Gasteiger charge is 2.19. The van der Waals surface area contributed by atoms with Crippen molar-refractivity contribution in [3.05, 3.63) is 35.0 Å². The van der Waals surface area contributed by atoms with E-state index < -0.39 is 5.97 Å². The number of carbonyl (C=O) groups excluding carboxylic acids is 1. The molecule has 0 unspecified atom stereocenters. The van der Waals surface area contributed by atoms with Gasteiger partial charge in [0.2, 0.25) is 0 Å². The van der Waals surface area contributed by atoms with Gasteiger partial charge >= 0.3 is 0 Å². The number of nitrogens with zero attached hydrogens (tertiary/aromatic N) is 1. The number of carbonyl (C=O) groups is 1. The van der Waals surface area contributed by atoms with Gasteiger partial charge in [0.05, 0.1) is 5.97 Å². The summed E-state index contributed by atoms with van der Waals surface area (Å²) < 4.78 is 2.32. The fourth-order valence-corrected chi connectivity index (χ4v) is 3.12. The lowest BCUT2D eigenvalue weighted by Gasteiger charge is -2.14. The van der Waals surface area contributed by atoms with Crippen molar-refractivity contribution in [3.8, 4) is 0 Å². The maximum atomic E-state index is 11.0. The molecule has 1 heterocycles. The molecule has 0 fully saturated rings. The first-order chi connectivity index (χ1) is 8.72. The molecule has 0 saturated heterocycles. The Bertz CT molecular complexity index is 625. The first kappa shape index (κ1) is 11.3. The zero-order valence-corrected chi connectivity index (χ0v) is 10.5. The highest BCUT2D eigenvalue weighted by Crippen LogP contribution is 2.32. The maximum Gasteiger partial charge on any atom is 0.0715 e. The molecule has 1 aliphatic rings. The van der Waals surface area contributed by atoms with Crippen molar-refractivity contribution in [3.63, 3.8) is 0 Å². The largest absolute Gasteiger partial charge is 0.545 e. The molecular formula is C15H16NO2-. The van der Waals surface area contributed by atoms with E-state index in [4.69, 9.17) is 0 Å². The van der Waals surface area contributed by atoms with Gasteiger partial charge in [-0.1, -0.05) is 6.07 Å². The molecule has 0 N–H and O–H groups in total. The van der Waals surface area contributed by atoms with Crippen molar-refractivity contribution in [1.29, 1.82) is 0 Å². The number of benzene rings is 1. The number of aryl methyl sites for hydroxylation is 2. The summed E-state index contributed by atoms with van der Waals surface area (Å²) in [6.45, 7) is 3.08. The van der Waals surface area contributed by atoms with Crippen LogP contribution in [0.1, 0.15) is 41.4 Å². The number of aromatic carboxylic acids is 1. The van der Waals surface area contributed by atoms with E-state index in [0.717, 1.165) is 30.3 Å². The number of hydrogen-bond donors (Lipinski definition) is 0. The number of fused-ring (bicyclic) bond motifs is 3. The number of hydrogen-bond acceptors (Lipinski definition) is 2. The van der Waals surface area contributed by atoms with Crippen LogP contribution >= 0.6 is 0 Å². The highest BCUT2D eigenvalue weighted by atomic mass is 16.4. The molecule has 0 saturated carbocycles. The van der Waals surface area contributed by atoms with Gasteiger partial charge in [0.25, 0.3) is 0 Å². The first-order valence-corrected chi connectivity index (χ1v) is 6.57. The standard InChI is InChI=1S/C15H17NO2/c1-2-16-13-6-4-3-5-11(13)12-9-10(15(17)18)7-8-14(12)16/h7-9H,2-6H2,1H3,(H,17,18)/p-1. The minimum Gasteiger partial charge on any atom is -0.545 e. The van der Waals surface area contributed by atoms with Gasteiger partial charge in [0, 0.05) is 23.1 Å². The van der Waals surface area contributed by atoms with Crippen LogP contribution in [0.15, 0.2) is 18.2 Å². The Morgan fingerprint density at radius 2 is 2.11 bits per heavy atom. The maximum absolute atomic E-state index is 11.0. The summed E-state index contributed by atoms with van der Waals surface area (Å²) in [5.41, 5.74) is 4.19. The monoisotopic (exact) mass is 242 g/mol. The molecule has 1 aliphatic carbocycles. The van der Waals surface area contributed by atoms with E-state index in [1.807, 2.05) is 6.07 Å². The Morgan fingerprint density at radius 3 is 2.83 bits per heavy atom. The van der Waals surface area contributed by atoms with Crippen LogP contribution in [0.2, 0.25) is 0 Å². The molecule has 94 valence electrons. The minimum atomic E-state index is -1.09. The quantitative estimate of drug-likeness (QED) is 0.807. The molecular weight excluding hydrogens is 226 g/mol. The van der Waals surface area contributed by atoms with E-state index in [2.05, 4.69) is 11.5 Å². The number of rotatable bonds is 2. The van der Waals surface area contributed by atoms with Gasteiger partial charge in [-0.3, -0.25) is 0 Å². The summed E-state index contributed by atoms with van der Waals surface area (Å²) >= 11 is 0. The normalized spacial score (nSPS) is 14.7. The van der Waals surface area contributed by atoms with Crippen LogP contribution in [-0.2, 0) is 19.4 Å². The van der Waals surface area contributed by atoms with E-state index in [-0.39, 0.29) is 5.56 Å². The predicted octanol–water partition coefficient (Wildman–Crippen LogP) is 1.90. The Labute approximate surface area is 106 Å². The second kappa shape index (κ2) is 4.16. The summed E-state index contributed by atoms with van der Waals surface area (Å²) in [5.74, 6) is -1.09. The van der Waals surface area contributed by atoms with E-state index >= 15 is 0 Å². The van der Waals surface area contributed by atoms with Gasteiger partial charge in [-0.05, 0) is 55.9 Å². The third kappa shape index (κ3) is 1.54. The predicted molar refractivity (Wildman–Crippen MR) is 68.6 cm³/mol. The zero-order chi connectivity index (χ0) is 12.7. The first-order valence-electron chi connectivity index (χ1n) is 6.57. The van der Waals surface area contributed by atoms with Crippen molar-refractivity contribution in [2.75, 3.05) is 0 Å². The van der Waals surface area contributed by atoms with Crippen molar-refractivity contribution in [1.82, 2.24) is 4.57 Å². The van der Waals surface area contributed by atoms with Crippen LogP contribution in [0, 0.1) is 0 Å². The van der Waals surface area contributed by atoms with Crippen LogP contribution in [0.25, 0.3) is 10.9 Å². The topological polar surface area (TPSA) is 45.1 Å². The molecule has 1 aromatic heterocycles. The smallest absolute Gasteiger partial charge is 0.0715 e. The summed E-state index contributed by atoms with van der Waals surface area (Å²) in [6.07, 6.45) is 4.61. The molecule has 3 rings (SSSR count). The van der Waals surface area contributed by atoms with Gasteiger partial charge in [-0.2, -0.15) is 0 Å². The molecule has 1 aromatic carbocycles. The lowest BCUT2D eigenvalue weighted by atomic mass is 9.95. The summed E-state index contributed by atoms with van der Waals surface area (Å²) in [5, 5.41) is 12.1. The van der Waals surface area contributed by atoms with Crippen LogP contribution in [0.4, 0.5) is 0 Å². The van der Waals surface area contributed by atoms with Gasteiger partial charge in [0.1, 0.15) is 0 Å². The van der Waals surface area contributed by atoms with E-state index in [9.17, 15) is 9.90 Å². The molecule has 3 heteroatoms. The van der Waals surface area contributed by atoms with Gasteiger partial charge < -0.3 is 14.5 Å². The van der Waals surface area contributed by atoms with E-state index in [0.29, 0.717) is 0 Å². The fraction of sp³-hybridized carbons (Fsp3) is 0.400. The van der Waals surface area contributed by atoms with Crippen molar-refractivity contribution in [2.24, 2.45) is 0 Å². The molecule has 0 aliphatic heterocycles. The summed E-state index contributed by atoms with van der Waals surface area (Å²) in [7, 11) is 0. The SMILES string of the molecule is CCn1c2c(c3cc(C(=O)[O-])ccc31)CCCC2. The van der Waals surface area contributed by atoms with Crippen LogP contribution in [-0.4, -0.2) is 10.5 Å². The van der Waals surface area contributed by atoms with Gasteiger partial charge in [-0.15, -0.1) is 0 Å². The fourth-order valence-electron chi connectivity index (χ4n) is 3.12. The van der Waals surface area contributed by atoms with E-state index in [1.54, 1.807) is 12.1 Å². The van der Waals surface area contributed by atoms with Gasteiger partial charge in [0.15, 0.2) is 0 Å². The van der Waals surface area contributed by atoms with Crippen LogP contribution in [0.3, 0.4) is 0 Å². The Balaban J connectivity index is 2.31. The third-order valence-electron chi connectivity index (χ3n) is 3.93. The van der Waals surface area contributed by atoms with E-state index in [1.165, 1.54) is 24.1 Å². The van der Waals surface area contributed by atoms with Gasteiger partial charge in [-0.25, -0.2) is 0 Å². The molecule has 2 aromatic rings. The van der Waals surface area contributed by atoms with Crippen LogP contribution < -0.4 is 5.11 Å². The third-order valence-corrected chi connectivity index (χ3v) is 3.93. The second-order valence-corrected chi connectivity index (χ2v) is 4.90. The summed E-state index contributed by atoms with van der Waals surface area (Å²) in [4.78, 5) is 11.0. The molecule has 18 heavy (non-hydrogen) atoms. The molecule has 0 bridgehead atoms. The average Bonchev–Trinajstić information content (AvgIpc) is 2.71.